The van der Waals surface area contributed by atoms with Crippen LogP contribution in [0.4, 0.5) is 0 Å². The first kappa shape index (κ1) is 19.8. The van der Waals surface area contributed by atoms with Crippen LogP contribution in [0.15, 0.2) is 58.3 Å². The lowest BCUT2D eigenvalue weighted by atomic mass is 10.2. The van der Waals surface area contributed by atoms with Gasteiger partial charge in [-0.2, -0.15) is 0 Å². The van der Waals surface area contributed by atoms with Crippen LogP contribution in [0.3, 0.4) is 0 Å². The lowest BCUT2D eigenvalue weighted by Crippen LogP contribution is -2.28. The molecular formula is C21H20BrN3O3S. The topological polar surface area (TPSA) is 67.5 Å². The maximum Gasteiger partial charge on any atom is 0.233 e. The summed E-state index contributed by atoms with van der Waals surface area (Å²) in [6.07, 6.45) is 1.79. The van der Waals surface area contributed by atoms with Crippen LogP contribution >= 0.6 is 27.7 Å². The minimum absolute atomic E-state index is 0.0338. The minimum atomic E-state index is 0.0338. The van der Waals surface area contributed by atoms with Gasteiger partial charge in [-0.1, -0.05) is 45.9 Å². The van der Waals surface area contributed by atoms with Crippen molar-refractivity contribution in [2.75, 3.05) is 26.0 Å². The highest BCUT2D eigenvalue weighted by molar-refractivity contribution is 9.10. The molecule has 6 nitrogen and oxygen atoms in total. The number of nitrogens with one attached hydrogen (secondary N) is 1. The summed E-state index contributed by atoms with van der Waals surface area (Å²) in [6, 6.07) is 13.8. The Hall–Kier alpha value is -2.45. The highest BCUT2D eigenvalue weighted by Gasteiger charge is 2.15. The molecule has 3 aromatic rings. The molecule has 1 aliphatic heterocycles. The van der Waals surface area contributed by atoms with Crippen molar-refractivity contribution in [1.29, 1.82) is 0 Å². The first-order valence-electron chi connectivity index (χ1n) is 9.15. The van der Waals surface area contributed by atoms with Gasteiger partial charge in [-0.25, -0.2) is 4.98 Å². The van der Waals surface area contributed by atoms with E-state index in [0.717, 1.165) is 37.9 Å². The van der Waals surface area contributed by atoms with Gasteiger partial charge >= 0.3 is 0 Å². The van der Waals surface area contributed by atoms with Crippen molar-refractivity contribution in [3.63, 3.8) is 0 Å². The van der Waals surface area contributed by atoms with Gasteiger partial charge in [0.25, 0.3) is 0 Å². The Morgan fingerprint density at radius 2 is 1.93 bits per heavy atom. The Labute approximate surface area is 181 Å². The molecule has 0 radical (unpaired) electrons. The van der Waals surface area contributed by atoms with E-state index in [0.29, 0.717) is 25.5 Å². The molecule has 4 rings (SSSR count). The Morgan fingerprint density at radius 3 is 2.72 bits per heavy atom. The molecule has 1 aromatic heterocycles. The molecule has 8 heteroatoms. The van der Waals surface area contributed by atoms with Gasteiger partial charge in [-0.15, -0.1) is 0 Å². The third kappa shape index (κ3) is 4.94. The van der Waals surface area contributed by atoms with Gasteiger partial charge in [-0.3, -0.25) is 4.79 Å². The van der Waals surface area contributed by atoms with Gasteiger partial charge < -0.3 is 19.4 Å². The van der Waals surface area contributed by atoms with E-state index in [1.165, 1.54) is 11.8 Å². The van der Waals surface area contributed by atoms with Gasteiger partial charge in [0, 0.05) is 18.1 Å². The fourth-order valence-electron chi connectivity index (χ4n) is 2.94. The second-order valence-electron chi connectivity index (χ2n) is 6.63. The number of amides is 1. The van der Waals surface area contributed by atoms with E-state index in [2.05, 4.69) is 25.9 Å². The number of benzene rings is 2. The normalized spacial score (nSPS) is 12.6. The molecule has 150 valence electrons. The predicted octanol–water partition coefficient (Wildman–Crippen LogP) is 4.36. The summed E-state index contributed by atoms with van der Waals surface area (Å²) in [5, 5.41) is 0.726. The molecule has 0 spiro atoms. The van der Waals surface area contributed by atoms with Crippen LogP contribution in [0.5, 0.6) is 11.5 Å². The van der Waals surface area contributed by atoms with Crippen LogP contribution in [-0.4, -0.2) is 46.8 Å². The molecule has 2 aromatic carbocycles. The lowest BCUT2D eigenvalue weighted by Gasteiger charge is -2.21. The van der Waals surface area contributed by atoms with Crippen LogP contribution in [0.2, 0.25) is 0 Å². The number of aromatic nitrogens is 2. The summed E-state index contributed by atoms with van der Waals surface area (Å²) >= 11 is 4.83. The van der Waals surface area contributed by atoms with E-state index in [1.807, 2.05) is 42.5 Å². The molecule has 29 heavy (non-hydrogen) atoms. The van der Waals surface area contributed by atoms with E-state index in [9.17, 15) is 4.79 Å². The number of imidazole rings is 1. The van der Waals surface area contributed by atoms with Crippen molar-refractivity contribution < 1.29 is 14.3 Å². The molecule has 0 saturated heterocycles. The summed E-state index contributed by atoms with van der Waals surface area (Å²) < 4.78 is 12.2. The number of ether oxygens (including phenoxy) is 2. The zero-order valence-corrected chi connectivity index (χ0v) is 18.3. The molecule has 0 atom stereocenters. The fraction of sp³-hybridized carbons (Fsp3) is 0.238. The first-order chi connectivity index (χ1) is 14.1. The Kier molecular flexibility index (Phi) is 6.10. The number of hydrogen-bond donors (Lipinski definition) is 1. The number of fused-ring (bicyclic) bond motifs is 1. The third-order valence-corrected chi connectivity index (χ3v) is 5.89. The minimum Gasteiger partial charge on any atom is -0.486 e. The zero-order chi connectivity index (χ0) is 20.2. The second kappa shape index (κ2) is 8.92. The van der Waals surface area contributed by atoms with Crippen LogP contribution < -0.4 is 9.47 Å². The quantitative estimate of drug-likeness (QED) is 0.538. The molecule has 1 aliphatic rings. The van der Waals surface area contributed by atoms with E-state index >= 15 is 0 Å². The van der Waals surface area contributed by atoms with Gasteiger partial charge in [0.2, 0.25) is 5.91 Å². The molecule has 2 heterocycles. The summed E-state index contributed by atoms with van der Waals surface area (Å²) in [4.78, 5) is 21.9. The monoisotopic (exact) mass is 473 g/mol. The molecule has 1 N–H and O–H groups in total. The summed E-state index contributed by atoms with van der Waals surface area (Å²) in [6.45, 7) is 1.63. The molecule has 1 amide bonds. The Balaban J connectivity index is 1.32. The Bertz CT molecular complexity index is 1010. The average molecular weight is 474 g/mol. The number of thioether (sulfide) groups is 1. The molecule has 0 unspecified atom stereocenters. The van der Waals surface area contributed by atoms with E-state index in [1.54, 1.807) is 18.1 Å². The molecule has 0 aliphatic carbocycles. The SMILES string of the molecule is CN(Cc1ccc2c(c1)OCCO2)C(=O)CSc1ncc(-c2ccc(Br)cc2)[nH]1. The summed E-state index contributed by atoms with van der Waals surface area (Å²) in [5.41, 5.74) is 2.98. The number of rotatable bonds is 6. The number of H-pyrrole nitrogens is 1. The zero-order valence-electron chi connectivity index (χ0n) is 15.9. The number of hydrogen-bond acceptors (Lipinski definition) is 5. The predicted molar refractivity (Wildman–Crippen MR) is 116 cm³/mol. The maximum absolute atomic E-state index is 12.5. The van der Waals surface area contributed by atoms with Crippen LogP contribution in [-0.2, 0) is 11.3 Å². The van der Waals surface area contributed by atoms with Crippen molar-refractivity contribution in [1.82, 2.24) is 14.9 Å². The highest BCUT2D eigenvalue weighted by Crippen LogP contribution is 2.31. The molecular weight excluding hydrogens is 454 g/mol. The molecule has 0 bridgehead atoms. The standard InChI is InChI=1S/C21H20BrN3O3S/c1-25(12-14-2-7-18-19(10-14)28-9-8-27-18)20(26)13-29-21-23-11-17(24-21)15-3-5-16(22)6-4-15/h2-7,10-11H,8-9,12-13H2,1H3,(H,23,24). The smallest absolute Gasteiger partial charge is 0.233 e. The first-order valence-corrected chi connectivity index (χ1v) is 10.9. The van der Waals surface area contributed by atoms with Gasteiger partial charge in [-0.05, 0) is 35.4 Å². The summed E-state index contributed by atoms with van der Waals surface area (Å²) in [5.74, 6) is 1.84. The molecule has 0 saturated carbocycles. The Morgan fingerprint density at radius 1 is 1.17 bits per heavy atom. The van der Waals surface area contributed by atoms with Crippen molar-refractivity contribution in [3.05, 3.63) is 58.7 Å². The van der Waals surface area contributed by atoms with E-state index in [4.69, 9.17) is 9.47 Å². The number of halogens is 1. The van der Waals surface area contributed by atoms with E-state index in [-0.39, 0.29) is 5.91 Å². The molecule has 0 fully saturated rings. The number of aromatic amines is 1. The maximum atomic E-state index is 12.5. The third-order valence-electron chi connectivity index (χ3n) is 4.49. The highest BCUT2D eigenvalue weighted by atomic mass is 79.9. The lowest BCUT2D eigenvalue weighted by molar-refractivity contribution is -0.127. The van der Waals surface area contributed by atoms with Crippen LogP contribution in [0, 0.1) is 0 Å². The van der Waals surface area contributed by atoms with Crippen LogP contribution in [0.1, 0.15) is 5.56 Å². The van der Waals surface area contributed by atoms with Crippen molar-refractivity contribution in [2.24, 2.45) is 0 Å². The average Bonchev–Trinajstić information content (AvgIpc) is 3.21. The van der Waals surface area contributed by atoms with Gasteiger partial charge in [0.1, 0.15) is 13.2 Å². The number of carbonyl (C=O) groups is 1. The van der Waals surface area contributed by atoms with Crippen molar-refractivity contribution in [3.8, 4) is 22.8 Å². The van der Waals surface area contributed by atoms with Crippen LogP contribution in [0.25, 0.3) is 11.3 Å². The van der Waals surface area contributed by atoms with Crippen molar-refractivity contribution in [2.45, 2.75) is 11.7 Å². The second-order valence-corrected chi connectivity index (χ2v) is 8.51. The summed E-state index contributed by atoms with van der Waals surface area (Å²) in [7, 11) is 1.80. The van der Waals surface area contributed by atoms with Gasteiger partial charge in [0.05, 0.1) is 17.6 Å². The number of carbonyl (C=O) groups excluding carboxylic acids is 1. The van der Waals surface area contributed by atoms with E-state index < -0.39 is 0 Å². The number of nitrogens with zero attached hydrogens (tertiary/aromatic N) is 2. The van der Waals surface area contributed by atoms with Crippen molar-refractivity contribution >= 4 is 33.6 Å². The van der Waals surface area contributed by atoms with Gasteiger partial charge in [0.15, 0.2) is 16.7 Å². The fourth-order valence-corrected chi connectivity index (χ4v) is 4.00. The largest absolute Gasteiger partial charge is 0.486 e.